The second-order valence-corrected chi connectivity index (χ2v) is 7.13. The maximum Gasteiger partial charge on any atom is 0.323 e. The molecule has 3 nitrogen and oxygen atoms in total. The molecule has 1 aliphatic rings. The zero-order valence-corrected chi connectivity index (χ0v) is 12.1. The molecular formula is C14H27NO2. The van der Waals surface area contributed by atoms with Crippen LogP contribution in [0.2, 0.25) is 0 Å². The van der Waals surface area contributed by atoms with Gasteiger partial charge in [0.1, 0.15) is 11.6 Å². The van der Waals surface area contributed by atoms with Gasteiger partial charge >= 0.3 is 5.97 Å². The maximum absolute atomic E-state index is 11.9. The quantitative estimate of drug-likeness (QED) is 0.717. The molecule has 2 atom stereocenters. The van der Waals surface area contributed by atoms with E-state index in [1.807, 2.05) is 20.8 Å². The van der Waals surface area contributed by atoms with Crippen LogP contribution in [0.3, 0.4) is 0 Å². The van der Waals surface area contributed by atoms with Gasteiger partial charge in [0.2, 0.25) is 0 Å². The van der Waals surface area contributed by atoms with Gasteiger partial charge in [-0.2, -0.15) is 0 Å². The molecular weight excluding hydrogens is 214 g/mol. The summed E-state index contributed by atoms with van der Waals surface area (Å²) in [5.41, 5.74) is -0.0778. The highest BCUT2D eigenvalue weighted by atomic mass is 16.6. The Morgan fingerprint density at radius 1 is 1.12 bits per heavy atom. The van der Waals surface area contributed by atoms with E-state index in [4.69, 9.17) is 4.74 Å². The van der Waals surface area contributed by atoms with Crippen LogP contribution < -0.4 is 5.32 Å². The van der Waals surface area contributed by atoms with Crippen LogP contribution in [0, 0.1) is 11.3 Å². The normalized spacial score (nSPS) is 26.7. The molecule has 0 aliphatic carbocycles. The smallest absolute Gasteiger partial charge is 0.323 e. The molecule has 0 radical (unpaired) electrons. The summed E-state index contributed by atoms with van der Waals surface area (Å²) in [5.74, 6) is 0.533. The summed E-state index contributed by atoms with van der Waals surface area (Å²) < 4.78 is 5.40. The summed E-state index contributed by atoms with van der Waals surface area (Å²) in [6, 6.07) is -0.118. The summed E-state index contributed by atoms with van der Waals surface area (Å²) >= 11 is 0. The Balaban J connectivity index is 2.45. The molecule has 1 fully saturated rings. The van der Waals surface area contributed by atoms with Gasteiger partial charge in [0, 0.05) is 0 Å². The van der Waals surface area contributed by atoms with Crippen LogP contribution in [0.4, 0.5) is 0 Å². The number of hydrogen-bond acceptors (Lipinski definition) is 3. The van der Waals surface area contributed by atoms with E-state index in [0.717, 1.165) is 19.4 Å². The molecule has 1 aliphatic heterocycles. The van der Waals surface area contributed by atoms with Gasteiger partial charge in [0.05, 0.1) is 0 Å². The molecule has 1 N–H and O–H groups in total. The Hall–Kier alpha value is -0.570. The molecule has 100 valence electrons. The fourth-order valence-corrected chi connectivity index (χ4v) is 2.17. The van der Waals surface area contributed by atoms with Crippen molar-refractivity contribution in [2.75, 3.05) is 6.54 Å². The van der Waals surface area contributed by atoms with Crippen molar-refractivity contribution in [2.24, 2.45) is 11.3 Å². The molecule has 0 aromatic carbocycles. The molecule has 1 saturated heterocycles. The lowest BCUT2D eigenvalue weighted by atomic mass is 9.75. The summed E-state index contributed by atoms with van der Waals surface area (Å²) in [5, 5.41) is 3.32. The number of rotatable bonds is 1. The Labute approximate surface area is 105 Å². The SMILES string of the molecule is CC(C)(C)OC(=O)[C@@H]1CC[C@H](C(C)(C)C)CN1. The van der Waals surface area contributed by atoms with E-state index in [-0.39, 0.29) is 17.6 Å². The molecule has 0 spiro atoms. The highest BCUT2D eigenvalue weighted by Gasteiger charge is 2.33. The van der Waals surface area contributed by atoms with Crippen molar-refractivity contribution >= 4 is 5.97 Å². The van der Waals surface area contributed by atoms with E-state index in [2.05, 4.69) is 26.1 Å². The van der Waals surface area contributed by atoms with Gasteiger partial charge in [-0.25, -0.2) is 0 Å². The third kappa shape index (κ3) is 4.66. The maximum atomic E-state index is 11.9. The van der Waals surface area contributed by atoms with Gasteiger partial charge in [-0.1, -0.05) is 20.8 Å². The van der Waals surface area contributed by atoms with E-state index in [1.54, 1.807) is 0 Å². The first-order valence-corrected chi connectivity index (χ1v) is 6.56. The molecule has 0 aromatic heterocycles. The fourth-order valence-electron chi connectivity index (χ4n) is 2.17. The van der Waals surface area contributed by atoms with Crippen molar-refractivity contribution in [1.82, 2.24) is 5.32 Å². The molecule has 0 saturated carbocycles. The number of piperidine rings is 1. The zero-order chi connectivity index (χ0) is 13.3. The van der Waals surface area contributed by atoms with Gasteiger partial charge in [-0.15, -0.1) is 0 Å². The van der Waals surface area contributed by atoms with Crippen LogP contribution in [-0.4, -0.2) is 24.2 Å². The van der Waals surface area contributed by atoms with E-state index in [9.17, 15) is 4.79 Å². The average molecular weight is 241 g/mol. The largest absolute Gasteiger partial charge is 0.459 e. The second kappa shape index (κ2) is 4.97. The first kappa shape index (κ1) is 14.5. The third-order valence-corrected chi connectivity index (χ3v) is 3.33. The lowest BCUT2D eigenvalue weighted by Crippen LogP contribution is -2.48. The first-order chi connectivity index (χ1) is 7.59. The van der Waals surface area contributed by atoms with E-state index in [1.165, 1.54) is 0 Å². The number of nitrogens with one attached hydrogen (secondary N) is 1. The summed E-state index contributed by atoms with van der Waals surface area (Å²) in [6.07, 6.45) is 1.98. The van der Waals surface area contributed by atoms with Crippen LogP contribution in [0.1, 0.15) is 54.4 Å². The average Bonchev–Trinajstić information content (AvgIpc) is 2.14. The number of esters is 1. The van der Waals surface area contributed by atoms with E-state index in [0.29, 0.717) is 11.3 Å². The van der Waals surface area contributed by atoms with Crippen LogP contribution in [0.5, 0.6) is 0 Å². The van der Waals surface area contributed by atoms with Gasteiger partial charge in [0.25, 0.3) is 0 Å². The van der Waals surface area contributed by atoms with Crippen LogP contribution in [0.15, 0.2) is 0 Å². The Kier molecular flexibility index (Phi) is 4.23. The van der Waals surface area contributed by atoms with E-state index < -0.39 is 0 Å². The van der Waals surface area contributed by atoms with Crippen LogP contribution >= 0.6 is 0 Å². The van der Waals surface area contributed by atoms with Gasteiger partial charge in [-0.05, 0) is 51.5 Å². The summed E-state index contributed by atoms with van der Waals surface area (Å²) in [4.78, 5) is 11.9. The summed E-state index contributed by atoms with van der Waals surface area (Å²) in [6.45, 7) is 13.4. The molecule has 0 unspecified atom stereocenters. The lowest BCUT2D eigenvalue weighted by molar-refractivity contribution is -0.158. The predicted octanol–water partition coefficient (Wildman–Crippen LogP) is 2.74. The van der Waals surface area contributed by atoms with Crippen molar-refractivity contribution in [1.29, 1.82) is 0 Å². The Morgan fingerprint density at radius 2 is 1.71 bits per heavy atom. The monoisotopic (exact) mass is 241 g/mol. The summed E-state index contributed by atoms with van der Waals surface area (Å²) in [7, 11) is 0. The van der Waals surface area contributed by atoms with E-state index >= 15 is 0 Å². The fraction of sp³-hybridized carbons (Fsp3) is 0.929. The minimum atomic E-state index is -0.389. The first-order valence-electron chi connectivity index (χ1n) is 6.56. The second-order valence-electron chi connectivity index (χ2n) is 7.13. The van der Waals surface area contributed by atoms with Crippen molar-refractivity contribution in [3.63, 3.8) is 0 Å². The Bertz CT molecular complexity index is 265. The molecule has 0 amide bonds. The predicted molar refractivity (Wildman–Crippen MR) is 69.8 cm³/mol. The van der Waals surface area contributed by atoms with Crippen molar-refractivity contribution in [3.05, 3.63) is 0 Å². The standard InChI is InChI=1S/C14H27NO2/c1-13(2,3)10-7-8-11(15-9-10)12(16)17-14(4,5)6/h10-11,15H,7-9H2,1-6H3/t10-,11-/m0/s1. The van der Waals surface area contributed by atoms with Crippen molar-refractivity contribution < 1.29 is 9.53 Å². The van der Waals surface area contributed by atoms with Crippen LogP contribution in [0.25, 0.3) is 0 Å². The number of hydrogen-bond donors (Lipinski definition) is 1. The minimum Gasteiger partial charge on any atom is -0.459 e. The van der Waals surface area contributed by atoms with Crippen molar-refractivity contribution in [3.8, 4) is 0 Å². The molecule has 0 aromatic rings. The van der Waals surface area contributed by atoms with Gasteiger partial charge < -0.3 is 10.1 Å². The number of carbonyl (C=O) groups is 1. The number of carbonyl (C=O) groups excluding carboxylic acids is 1. The van der Waals surface area contributed by atoms with Crippen molar-refractivity contribution in [2.45, 2.75) is 66.0 Å². The molecule has 3 heteroatoms. The molecule has 0 bridgehead atoms. The molecule has 1 rings (SSSR count). The topological polar surface area (TPSA) is 38.3 Å². The molecule has 17 heavy (non-hydrogen) atoms. The highest BCUT2D eigenvalue weighted by molar-refractivity contribution is 5.76. The number of ether oxygens (including phenoxy) is 1. The van der Waals surface area contributed by atoms with Gasteiger partial charge in [0.15, 0.2) is 0 Å². The Morgan fingerprint density at radius 3 is 2.06 bits per heavy atom. The third-order valence-electron chi connectivity index (χ3n) is 3.33. The highest BCUT2D eigenvalue weighted by Crippen LogP contribution is 2.32. The van der Waals surface area contributed by atoms with Crippen LogP contribution in [-0.2, 0) is 9.53 Å². The lowest BCUT2D eigenvalue weighted by Gasteiger charge is -2.37. The van der Waals surface area contributed by atoms with Gasteiger partial charge in [-0.3, -0.25) is 4.79 Å². The molecule has 1 heterocycles. The zero-order valence-electron chi connectivity index (χ0n) is 12.1. The minimum absolute atomic E-state index is 0.107.